The van der Waals surface area contributed by atoms with E-state index in [2.05, 4.69) is 17.1 Å². The first-order chi connectivity index (χ1) is 7.78. The van der Waals surface area contributed by atoms with Crippen LogP contribution in [0.3, 0.4) is 0 Å². The van der Waals surface area contributed by atoms with Crippen molar-refractivity contribution in [3.05, 3.63) is 0 Å². The lowest BCUT2D eigenvalue weighted by molar-refractivity contribution is 0.154. The van der Waals surface area contributed by atoms with Crippen LogP contribution in [0.5, 0.6) is 0 Å². The summed E-state index contributed by atoms with van der Waals surface area (Å²) in [6.07, 6.45) is 5.41. The molecule has 0 aromatic rings. The fourth-order valence-corrected chi connectivity index (χ4v) is 2.89. The Labute approximate surface area is 99.5 Å². The zero-order chi connectivity index (χ0) is 11.4. The Kier molecular flexibility index (Phi) is 4.22. The second-order valence-corrected chi connectivity index (χ2v) is 5.52. The lowest BCUT2D eigenvalue weighted by Crippen LogP contribution is -2.34. The number of ether oxygens (including phenoxy) is 1. The number of rotatable bonds is 7. The van der Waals surface area contributed by atoms with Crippen LogP contribution in [0.25, 0.3) is 0 Å². The van der Waals surface area contributed by atoms with Gasteiger partial charge in [0.15, 0.2) is 0 Å². The van der Waals surface area contributed by atoms with Crippen molar-refractivity contribution in [2.45, 2.75) is 38.6 Å². The molecule has 0 radical (unpaired) electrons. The maximum atomic E-state index is 5.21. The Morgan fingerprint density at radius 1 is 1.44 bits per heavy atom. The lowest BCUT2D eigenvalue weighted by atomic mass is 10.0. The first-order valence-corrected chi connectivity index (χ1v) is 6.73. The zero-order valence-electron chi connectivity index (χ0n) is 10.8. The molecule has 1 aliphatic carbocycles. The zero-order valence-corrected chi connectivity index (χ0v) is 10.8. The first kappa shape index (κ1) is 12.3. The normalized spacial score (nSPS) is 28.5. The van der Waals surface area contributed by atoms with Crippen LogP contribution >= 0.6 is 0 Å². The summed E-state index contributed by atoms with van der Waals surface area (Å²) in [5, 5.41) is 3.56. The van der Waals surface area contributed by atoms with E-state index in [1.807, 2.05) is 7.11 Å². The van der Waals surface area contributed by atoms with Crippen LogP contribution in [-0.4, -0.2) is 50.8 Å². The molecule has 0 aromatic heterocycles. The molecule has 2 rings (SSSR count). The smallest absolute Gasteiger partial charge is 0.0468 e. The van der Waals surface area contributed by atoms with Gasteiger partial charge in [-0.1, -0.05) is 6.92 Å². The number of nitrogens with one attached hydrogen (secondary N) is 1. The van der Waals surface area contributed by atoms with Gasteiger partial charge in [-0.05, 0) is 44.2 Å². The van der Waals surface area contributed by atoms with E-state index in [-0.39, 0.29) is 0 Å². The van der Waals surface area contributed by atoms with Crippen LogP contribution in [0.1, 0.15) is 32.6 Å². The number of hydrogen-bond acceptors (Lipinski definition) is 3. The summed E-state index contributed by atoms with van der Waals surface area (Å²) in [5.41, 5.74) is 0.622. The van der Waals surface area contributed by atoms with Crippen LogP contribution in [-0.2, 0) is 4.74 Å². The van der Waals surface area contributed by atoms with Crippen LogP contribution in [0.15, 0.2) is 0 Å². The van der Waals surface area contributed by atoms with Gasteiger partial charge < -0.3 is 15.0 Å². The van der Waals surface area contributed by atoms with Crippen molar-refractivity contribution in [1.29, 1.82) is 0 Å². The van der Waals surface area contributed by atoms with Crippen LogP contribution in [0.4, 0.5) is 0 Å². The molecule has 16 heavy (non-hydrogen) atoms. The van der Waals surface area contributed by atoms with Crippen molar-refractivity contribution in [3.8, 4) is 0 Å². The maximum absolute atomic E-state index is 5.21. The van der Waals surface area contributed by atoms with E-state index in [1.165, 1.54) is 45.3 Å². The van der Waals surface area contributed by atoms with Gasteiger partial charge in [0.2, 0.25) is 0 Å². The highest BCUT2D eigenvalue weighted by Gasteiger charge is 2.44. The van der Waals surface area contributed by atoms with Crippen molar-refractivity contribution in [3.63, 3.8) is 0 Å². The van der Waals surface area contributed by atoms with Gasteiger partial charge in [-0.25, -0.2) is 0 Å². The van der Waals surface area contributed by atoms with Gasteiger partial charge in [0.25, 0.3) is 0 Å². The number of hydrogen-bond donors (Lipinski definition) is 1. The van der Waals surface area contributed by atoms with Crippen LogP contribution in [0.2, 0.25) is 0 Å². The lowest BCUT2D eigenvalue weighted by Gasteiger charge is -2.23. The van der Waals surface area contributed by atoms with E-state index in [1.54, 1.807) is 0 Å². The summed E-state index contributed by atoms with van der Waals surface area (Å²) in [6.45, 7) is 8.08. The van der Waals surface area contributed by atoms with Gasteiger partial charge >= 0.3 is 0 Å². The highest BCUT2D eigenvalue weighted by molar-refractivity contribution is 4.97. The number of likely N-dealkylation sites (N-methyl/N-ethyl adjacent to an activating group) is 1. The quantitative estimate of drug-likeness (QED) is 0.712. The molecule has 2 fully saturated rings. The van der Waals surface area contributed by atoms with Crippen molar-refractivity contribution in [1.82, 2.24) is 10.2 Å². The van der Waals surface area contributed by atoms with E-state index in [0.29, 0.717) is 5.41 Å². The molecule has 3 nitrogen and oxygen atoms in total. The van der Waals surface area contributed by atoms with E-state index >= 15 is 0 Å². The van der Waals surface area contributed by atoms with Crippen molar-refractivity contribution in [2.75, 3.05) is 39.9 Å². The molecule has 94 valence electrons. The molecule has 1 saturated carbocycles. The molecule has 0 bridgehead atoms. The predicted molar refractivity (Wildman–Crippen MR) is 66.7 cm³/mol. The molecule has 1 heterocycles. The molecule has 1 aliphatic heterocycles. The first-order valence-electron chi connectivity index (χ1n) is 6.73. The minimum absolute atomic E-state index is 0.622. The average molecular weight is 226 g/mol. The third kappa shape index (κ3) is 3.19. The van der Waals surface area contributed by atoms with E-state index < -0.39 is 0 Å². The number of methoxy groups -OCH3 is 1. The molecular formula is C13H26N2O. The van der Waals surface area contributed by atoms with E-state index in [4.69, 9.17) is 4.74 Å². The Balaban J connectivity index is 1.70. The van der Waals surface area contributed by atoms with Gasteiger partial charge in [0.1, 0.15) is 0 Å². The molecule has 0 spiro atoms. The summed E-state index contributed by atoms with van der Waals surface area (Å²) in [4.78, 5) is 2.65. The number of nitrogens with zero attached hydrogens (tertiary/aromatic N) is 1. The van der Waals surface area contributed by atoms with Crippen molar-refractivity contribution >= 4 is 0 Å². The topological polar surface area (TPSA) is 24.5 Å². The fraction of sp³-hybridized carbons (Fsp3) is 1.00. The summed E-state index contributed by atoms with van der Waals surface area (Å²) < 4.78 is 5.21. The standard InChI is InChI=1S/C13H26N2O/c1-3-14-12-4-8-15(10-12)11-13(5-6-13)7-9-16-2/h12,14H,3-11H2,1-2H3. The second kappa shape index (κ2) is 5.48. The maximum Gasteiger partial charge on any atom is 0.0468 e. The average Bonchev–Trinajstić information content (AvgIpc) is 2.90. The minimum Gasteiger partial charge on any atom is -0.385 e. The summed E-state index contributed by atoms with van der Waals surface area (Å²) in [6, 6.07) is 0.739. The van der Waals surface area contributed by atoms with E-state index in [0.717, 1.165) is 19.2 Å². The predicted octanol–water partition coefficient (Wildman–Crippen LogP) is 1.49. The molecule has 1 unspecified atom stereocenters. The fourth-order valence-electron chi connectivity index (χ4n) is 2.89. The second-order valence-electron chi connectivity index (χ2n) is 5.52. The summed E-state index contributed by atoms with van der Waals surface area (Å²) in [5.74, 6) is 0. The van der Waals surface area contributed by atoms with Gasteiger partial charge in [-0.2, -0.15) is 0 Å². The van der Waals surface area contributed by atoms with Gasteiger partial charge in [-0.15, -0.1) is 0 Å². The summed E-state index contributed by atoms with van der Waals surface area (Å²) >= 11 is 0. The molecule has 1 saturated heterocycles. The minimum atomic E-state index is 0.622. The molecule has 2 aliphatic rings. The van der Waals surface area contributed by atoms with Crippen molar-refractivity contribution < 1.29 is 4.74 Å². The van der Waals surface area contributed by atoms with Crippen LogP contribution in [0, 0.1) is 5.41 Å². The Bertz CT molecular complexity index is 216. The molecule has 0 aromatic carbocycles. The largest absolute Gasteiger partial charge is 0.385 e. The van der Waals surface area contributed by atoms with E-state index in [9.17, 15) is 0 Å². The Morgan fingerprint density at radius 2 is 2.25 bits per heavy atom. The van der Waals surface area contributed by atoms with Gasteiger partial charge in [0, 0.05) is 32.8 Å². The molecular weight excluding hydrogens is 200 g/mol. The highest BCUT2D eigenvalue weighted by atomic mass is 16.5. The molecule has 1 atom stereocenters. The molecule has 3 heteroatoms. The Morgan fingerprint density at radius 3 is 2.88 bits per heavy atom. The third-order valence-corrected chi connectivity index (χ3v) is 4.12. The van der Waals surface area contributed by atoms with Crippen LogP contribution < -0.4 is 5.32 Å². The molecule has 0 amide bonds. The third-order valence-electron chi connectivity index (χ3n) is 4.12. The highest BCUT2D eigenvalue weighted by Crippen LogP contribution is 2.49. The molecule has 1 N–H and O–H groups in total. The SMILES string of the molecule is CCNC1CCN(CC2(CCOC)CC2)C1. The van der Waals surface area contributed by atoms with Gasteiger partial charge in [0.05, 0.1) is 0 Å². The number of likely N-dealkylation sites (tertiary alicyclic amines) is 1. The van der Waals surface area contributed by atoms with Crippen molar-refractivity contribution in [2.24, 2.45) is 5.41 Å². The van der Waals surface area contributed by atoms with Gasteiger partial charge in [-0.3, -0.25) is 0 Å². The Hall–Kier alpha value is -0.120. The summed E-state index contributed by atoms with van der Waals surface area (Å²) in [7, 11) is 1.81. The monoisotopic (exact) mass is 226 g/mol.